The number of fused-ring (bicyclic) bond motifs is 2. The van der Waals surface area contributed by atoms with Crippen LogP contribution in [-0.2, 0) is 16.1 Å². The van der Waals surface area contributed by atoms with E-state index in [2.05, 4.69) is 15.5 Å². The number of anilines is 1. The number of nitrogens with two attached hydrogens (primary N) is 1. The Balaban J connectivity index is 1.14. The fourth-order valence-electron chi connectivity index (χ4n) is 5.79. The van der Waals surface area contributed by atoms with E-state index in [1.807, 2.05) is 42.5 Å². The first-order valence-electron chi connectivity index (χ1n) is 14.2. The summed E-state index contributed by atoms with van der Waals surface area (Å²) in [6.07, 6.45) is 3.21. The number of hydrogen-bond acceptors (Lipinski definition) is 7. The molecule has 0 saturated carbocycles. The Morgan fingerprint density at radius 1 is 1.00 bits per heavy atom. The lowest BCUT2D eigenvalue weighted by Crippen LogP contribution is -2.44. The van der Waals surface area contributed by atoms with Crippen molar-refractivity contribution >= 4 is 55.9 Å². The minimum atomic E-state index is -1.36. The second-order valence-corrected chi connectivity index (χ2v) is 11.8. The van der Waals surface area contributed by atoms with E-state index >= 15 is 0 Å². The number of amides is 3. The molecule has 0 unspecified atom stereocenters. The van der Waals surface area contributed by atoms with Crippen LogP contribution in [0.2, 0.25) is 0 Å². The van der Waals surface area contributed by atoms with Crippen LogP contribution in [0.3, 0.4) is 0 Å². The van der Waals surface area contributed by atoms with Gasteiger partial charge in [0.2, 0.25) is 11.8 Å². The van der Waals surface area contributed by atoms with E-state index in [0.29, 0.717) is 16.6 Å². The molecule has 0 aliphatic carbocycles. The number of para-hydroxylation sites is 2. The number of carbonyl (C=O) groups excluding carboxylic acids is 3. The van der Waals surface area contributed by atoms with Gasteiger partial charge in [0.25, 0.3) is 5.91 Å². The van der Waals surface area contributed by atoms with Crippen LogP contribution in [0, 0.1) is 0 Å². The molecule has 10 nitrogen and oxygen atoms in total. The van der Waals surface area contributed by atoms with Crippen LogP contribution in [0.15, 0.2) is 91.4 Å². The molecular formula is C33H26FN7O3S. The Morgan fingerprint density at radius 2 is 1.82 bits per heavy atom. The number of nitrogens with zero attached hydrogens (tertiary/aromatic N) is 5. The van der Waals surface area contributed by atoms with E-state index in [1.165, 1.54) is 22.4 Å². The van der Waals surface area contributed by atoms with Crippen molar-refractivity contribution in [3.8, 4) is 21.7 Å². The van der Waals surface area contributed by atoms with Crippen LogP contribution >= 0.6 is 11.3 Å². The van der Waals surface area contributed by atoms with E-state index in [0.717, 1.165) is 31.9 Å². The van der Waals surface area contributed by atoms with Gasteiger partial charge < -0.3 is 20.5 Å². The fourth-order valence-corrected chi connectivity index (χ4v) is 6.80. The van der Waals surface area contributed by atoms with Crippen molar-refractivity contribution in [1.29, 1.82) is 0 Å². The monoisotopic (exact) mass is 619 g/mol. The number of hydrogen-bond donors (Lipinski definition) is 2. The van der Waals surface area contributed by atoms with Crippen molar-refractivity contribution in [2.24, 2.45) is 5.73 Å². The molecule has 0 radical (unpaired) electrons. The number of halogens is 1. The molecule has 3 N–H and O–H groups in total. The van der Waals surface area contributed by atoms with Crippen molar-refractivity contribution < 1.29 is 18.8 Å². The van der Waals surface area contributed by atoms with Gasteiger partial charge in [-0.2, -0.15) is 10.2 Å². The summed E-state index contributed by atoms with van der Waals surface area (Å²) in [5.74, 6) is -1.59. The molecule has 2 atom stereocenters. The van der Waals surface area contributed by atoms with Gasteiger partial charge in [0.1, 0.15) is 23.8 Å². The third-order valence-electron chi connectivity index (χ3n) is 7.95. The smallest absolute Gasteiger partial charge is 0.250 e. The Morgan fingerprint density at radius 3 is 2.62 bits per heavy atom. The second-order valence-electron chi connectivity index (χ2n) is 10.8. The molecule has 3 aromatic carbocycles. The Bertz CT molecular complexity index is 2060. The lowest BCUT2D eigenvalue weighted by atomic mass is 10.0. The minimum Gasteiger partial charge on any atom is -0.366 e. The second kappa shape index (κ2) is 11.5. The number of thiazole rings is 1. The molecule has 7 rings (SSSR count). The lowest BCUT2D eigenvalue weighted by Gasteiger charge is -2.24. The number of rotatable bonds is 7. The maximum absolute atomic E-state index is 14.8. The van der Waals surface area contributed by atoms with Crippen LogP contribution in [0.4, 0.5) is 10.1 Å². The minimum absolute atomic E-state index is 0.122. The third kappa shape index (κ3) is 5.40. The average Bonchev–Trinajstić information content (AvgIpc) is 3.76. The molecule has 1 saturated heterocycles. The molecular weight excluding hydrogens is 593 g/mol. The van der Waals surface area contributed by atoms with E-state index < -0.39 is 29.9 Å². The molecule has 3 amide bonds. The summed E-state index contributed by atoms with van der Waals surface area (Å²) in [4.78, 5) is 45.6. The summed E-state index contributed by atoms with van der Waals surface area (Å²) in [6.45, 7) is -0.420. The molecule has 1 fully saturated rings. The van der Waals surface area contributed by atoms with Gasteiger partial charge in [-0.25, -0.2) is 9.37 Å². The van der Waals surface area contributed by atoms with Crippen molar-refractivity contribution in [1.82, 2.24) is 24.6 Å². The Hall–Kier alpha value is -5.49. The van der Waals surface area contributed by atoms with Gasteiger partial charge in [-0.15, -0.1) is 11.3 Å². The maximum Gasteiger partial charge on any atom is 0.250 e. The molecule has 3 aromatic heterocycles. The SMILES string of the molecule is NC(=O)c1cn(CC(=O)N2C[C@H](F)C[C@H]2C(=O)Nc2ccccc2-c2nc3ccccc3s2)c2ccc(-c3ccnnc3)cc12. The third-order valence-corrected chi connectivity index (χ3v) is 9.02. The molecule has 1 aliphatic heterocycles. The number of carbonyl (C=O) groups is 3. The average molecular weight is 620 g/mol. The molecule has 45 heavy (non-hydrogen) atoms. The highest BCUT2D eigenvalue weighted by atomic mass is 32.1. The van der Waals surface area contributed by atoms with Crippen molar-refractivity contribution in [2.45, 2.75) is 25.2 Å². The molecule has 12 heteroatoms. The quantitative estimate of drug-likeness (QED) is 0.257. The summed E-state index contributed by atoms with van der Waals surface area (Å²) in [5.41, 5.74) is 10.2. The van der Waals surface area contributed by atoms with Crippen LogP contribution in [0.1, 0.15) is 16.8 Å². The summed E-state index contributed by atoms with van der Waals surface area (Å²) in [7, 11) is 0. The number of benzene rings is 3. The summed E-state index contributed by atoms with van der Waals surface area (Å²) in [5, 5.41) is 11.9. The van der Waals surface area contributed by atoms with Crippen LogP contribution in [0.25, 0.3) is 42.8 Å². The largest absolute Gasteiger partial charge is 0.366 e. The van der Waals surface area contributed by atoms with Gasteiger partial charge >= 0.3 is 0 Å². The maximum atomic E-state index is 14.8. The van der Waals surface area contributed by atoms with E-state index in [-0.39, 0.29) is 25.1 Å². The first-order chi connectivity index (χ1) is 21.9. The number of aromatic nitrogens is 4. The molecule has 0 spiro atoms. The predicted octanol–water partition coefficient (Wildman–Crippen LogP) is 5.05. The number of likely N-dealkylation sites (tertiary alicyclic amines) is 1. The van der Waals surface area contributed by atoms with Crippen molar-refractivity contribution in [3.05, 3.63) is 97.0 Å². The van der Waals surface area contributed by atoms with Gasteiger partial charge in [0, 0.05) is 34.6 Å². The zero-order chi connectivity index (χ0) is 31.1. The van der Waals surface area contributed by atoms with E-state index in [9.17, 15) is 18.8 Å². The zero-order valence-electron chi connectivity index (χ0n) is 23.8. The number of alkyl halides is 1. The summed E-state index contributed by atoms with van der Waals surface area (Å²) >= 11 is 1.51. The number of nitrogens with one attached hydrogen (secondary N) is 1. The predicted molar refractivity (Wildman–Crippen MR) is 170 cm³/mol. The van der Waals surface area contributed by atoms with Crippen LogP contribution in [-0.4, -0.2) is 61.1 Å². The van der Waals surface area contributed by atoms with Gasteiger partial charge in [0.05, 0.1) is 40.4 Å². The topological polar surface area (TPSA) is 136 Å². The molecule has 1 aliphatic rings. The van der Waals surface area contributed by atoms with Gasteiger partial charge in [-0.1, -0.05) is 30.3 Å². The molecule has 224 valence electrons. The summed E-state index contributed by atoms with van der Waals surface area (Å²) in [6, 6.07) is 21.3. The first kappa shape index (κ1) is 28.3. The number of primary amides is 1. The van der Waals surface area contributed by atoms with Crippen molar-refractivity contribution in [3.63, 3.8) is 0 Å². The fraction of sp³-hybridized carbons (Fsp3) is 0.152. The van der Waals surface area contributed by atoms with Gasteiger partial charge in [-0.3, -0.25) is 14.4 Å². The first-order valence-corrected chi connectivity index (χ1v) is 15.1. The van der Waals surface area contributed by atoms with Crippen LogP contribution in [0.5, 0.6) is 0 Å². The zero-order valence-corrected chi connectivity index (χ0v) is 24.6. The summed E-state index contributed by atoms with van der Waals surface area (Å²) < 4.78 is 17.4. The highest BCUT2D eigenvalue weighted by molar-refractivity contribution is 7.21. The van der Waals surface area contributed by atoms with Crippen molar-refractivity contribution in [2.75, 3.05) is 11.9 Å². The lowest BCUT2D eigenvalue weighted by molar-refractivity contribution is -0.137. The normalized spacial score (nSPS) is 16.3. The molecule has 0 bridgehead atoms. The van der Waals surface area contributed by atoms with Crippen LogP contribution < -0.4 is 11.1 Å². The molecule has 4 heterocycles. The van der Waals surface area contributed by atoms with E-state index in [4.69, 9.17) is 10.7 Å². The standard InChI is InChI=1S/C33H26FN7O3S/c34-21-14-28(32(44)38-25-6-2-1-5-22(25)33-39-26-7-3-4-8-29(26)45-33)41(16-21)30(42)18-40-17-24(31(35)43)23-13-19(9-10-27(23)40)20-11-12-36-37-15-20/h1-13,15,17,21,28H,14,16,18H2,(H2,35,43)(H,38,44)/t21-,28+/m1/s1. The van der Waals surface area contributed by atoms with E-state index in [1.54, 1.807) is 47.3 Å². The van der Waals surface area contributed by atoms with Gasteiger partial charge in [-0.05, 0) is 48.0 Å². The highest BCUT2D eigenvalue weighted by Crippen LogP contribution is 2.35. The molecule has 6 aromatic rings. The Kier molecular flexibility index (Phi) is 7.26. The Labute approximate surface area is 260 Å². The van der Waals surface area contributed by atoms with Gasteiger partial charge in [0.15, 0.2) is 0 Å². The highest BCUT2D eigenvalue weighted by Gasteiger charge is 2.40.